The summed E-state index contributed by atoms with van der Waals surface area (Å²) in [6, 6.07) is 3.59. The third kappa shape index (κ3) is 3.12. The van der Waals surface area contributed by atoms with Gasteiger partial charge in [-0.15, -0.1) is 0 Å². The molecule has 0 unspecified atom stereocenters. The number of carbonyl (C=O) groups excluding carboxylic acids is 1. The van der Waals surface area contributed by atoms with E-state index in [1.54, 1.807) is 18.3 Å². The normalized spacial score (nSPS) is 10.2. The minimum absolute atomic E-state index is 0.147. The number of nitrogen functional groups attached to an aromatic ring is 1. The predicted molar refractivity (Wildman–Crippen MR) is 63.1 cm³/mol. The number of esters is 1. The molecule has 16 heavy (non-hydrogen) atoms. The summed E-state index contributed by atoms with van der Waals surface area (Å²) in [7, 11) is 1.37. The fourth-order valence-electron chi connectivity index (χ4n) is 1.32. The van der Waals surface area contributed by atoms with Crippen LogP contribution in [0.4, 0.5) is 11.5 Å². The highest BCUT2D eigenvalue weighted by molar-refractivity contribution is 5.75. The van der Waals surface area contributed by atoms with Gasteiger partial charge in [0.15, 0.2) is 0 Å². The summed E-state index contributed by atoms with van der Waals surface area (Å²) in [6.45, 7) is 4.13. The van der Waals surface area contributed by atoms with E-state index >= 15 is 0 Å². The molecule has 0 spiro atoms. The van der Waals surface area contributed by atoms with Crippen LogP contribution in [0.3, 0.4) is 0 Å². The van der Waals surface area contributed by atoms with Gasteiger partial charge in [-0.25, -0.2) is 4.98 Å². The Bertz CT molecular complexity index is 366. The SMILES string of the molecule is COC(=O)CN(c1cc(N)ccn1)C(C)C. The number of nitrogens with zero attached hydrogens (tertiary/aromatic N) is 2. The Morgan fingerprint density at radius 2 is 2.31 bits per heavy atom. The van der Waals surface area contributed by atoms with Crippen molar-refractivity contribution in [2.45, 2.75) is 19.9 Å². The second kappa shape index (κ2) is 5.34. The molecule has 0 saturated carbocycles. The van der Waals surface area contributed by atoms with Crippen molar-refractivity contribution in [3.63, 3.8) is 0 Å². The first-order valence-corrected chi connectivity index (χ1v) is 5.09. The highest BCUT2D eigenvalue weighted by Crippen LogP contribution is 2.16. The third-order valence-electron chi connectivity index (χ3n) is 2.21. The van der Waals surface area contributed by atoms with Gasteiger partial charge in [-0.05, 0) is 19.9 Å². The van der Waals surface area contributed by atoms with Crippen LogP contribution in [-0.4, -0.2) is 30.6 Å². The van der Waals surface area contributed by atoms with Gasteiger partial charge in [0.05, 0.1) is 7.11 Å². The molecule has 1 heterocycles. The first-order valence-electron chi connectivity index (χ1n) is 5.09. The molecule has 0 aliphatic carbocycles. The molecule has 0 aliphatic rings. The van der Waals surface area contributed by atoms with Crippen molar-refractivity contribution in [2.75, 3.05) is 24.3 Å². The van der Waals surface area contributed by atoms with Gasteiger partial charge in [0, 0.05) is 24.0 Å². The molecule has 0 radical (unpaired) electrons. The second-order valence-corrected chi connectivity index (χ2v) is 3.75. The highest BCUT2D eigenvalue weighted by Gasteiger charge is 2.16. The van der Waals surface area contributed by atoms with E-state index in [-0.39, 0.29) is 18.6 Å². The molecule has 5 nitrogen and oxygen atoms in total. The molecule has 0 amide bonds. The number of hydrogen-bond acceptors (Lipinski definition) is 5. The van der Waals surface area contributed by atoms with E-state index in [1.807, 2.05) is 18.7 Å². The number of carbonyl (C=O) groups is 1. The molecule has 5 heteroatoms. The van der Waals surface area contributed by atoms with E-state index in [1.165, 1.54) is 7.11 Å². The number of methoxy groups -OCH3 is 1. The molecular formula is C11H17N3O2. The van der Waals surface area contributed by atoms with Crippen molar-refractivity contribution < 1.29 is 9.53 Å². The maximum Gasteiger partial charge on any atom is 0.325 e. The lowest BCUT2D eigenvalue weighted by molar-refractivity contribution is -0.139. The fourth-order valence-corrected chi connectivity index (χ4v) is 1.32. The number of rotatable bonds is 4. The lowest BCUT2D eigenvalue weighted by Crippen LogP contribution is -2.36. The van der Waals surface area contributed by atoms with Gasteiger partial charge in [-0.1, -0.05) is 0 Å². The number of anilines is 2. The van der Waals surface area contributed by atoms with Crippen LogP contribution in [0.15, 0.2) is 18.3 Å². The first-order chi connectivity index (χ1) is 7.54. The lowest BCUT2D eigenvalue weighted by Gasteiger charge is -2.26. The topological polar surface area (TPSA) is 68.5 Å². The van der Waals surface area contributed by atoms with Crippen LogP contribution >= 0.6 is 0 Å². The largest absolute Gasteiger partial charge is 0.468 e. The van der Waals surface area contributed by atoms with Crippen molar-refractivity contribution >= 4 is 17.5 Å². The zero-order valence-corrected chi connectivity index (χ0v) is 9.80. The van der Waals surface area contributed by atoms with Gasteiger partial charge < -0.3 is 15.4 Å². The molecule has 0 aromatic carbocycles. The Labute approximate surface area is 95.2 Å². The van der Waals surface area contributed by atoms with Gasteiger partial charge in [-0.2, -0.15) is 0 Å². The van der Waals surface area contributed by atoms with Gasteiger partial charge in [0.1, 0.15) is 12.4 Å². The molecule has 88 valence electrons. The molecule has 0 saturated heterocycles. The van der Waals surface area contributed by atoms with Gasteiger partial charge >= 0.3 is 5.97 Å². The van der Waals surface area contributed by atoms with Crippen LogP contribution < -0.4 is 10.6 Å². The van der Waals surface area contributed by atoms with Gasteiger partial charge in [-0.3, -0.25) is 4.79 Å². The summed E-state index contributed by atoms with van der Waals surface area (Å²) in [4.78, 5) is 17.3. The highest BCUT2D eigenvalue weighted by atomic mass is 16.5. The Morgan fingerprint density at radius 3 is 2.81 bits per heavy atom. The minimum atomic E-state index is -0.294. The third-order valence-corrected chi connectivity index (χ3v) is 2.21. The Kier molecular flexibility index (Phi) is 4.10. The number of aromatic nitrogens is 1. The number of hydrogen-bond donors (Lipinski definition) is 1. The molecule has 1 aromatic rings. The summed E-state index contributed by atoms with van der Waals surface area (Å²) in [5, 5.41) is 0. The number of pyridine rings is 1. The average Bonchev–Trinajstić information content (AvgIpc) is 2.25. The van der Waals surface area contributed by atoms with Crippen LogP contribution in [0.2, 0.25) is 0 Å². The first kappa shape index (κ1) is 12.3. The quantitative estimate of drug-likeness (QED) is 0.773. The van der Waals surface area contributed by atoms with E-state index in [4.69, 9.17) is 5.73 Å². The lowest BCUT2D eigenvalue weighted by atomic mass is 10.3. The average molecular weight is 223 g/mol. The van der Waals surface area contributed by atoms with E-state index in [0.29, 0.717) is 11.5 Å². The standard InChI is InChI=1S/C11H17N3O2/c1-8(2)14(7-11(15)16-3)10-6-9(12)4-5-13-10/h4-6,8H,7H2,1-3H3,(H2,12,13). The molecule has 1 aromatic heterocycles. The predicted octanol–water partition coefficient (Wildman–Crippen LogP) is 1.05. The van der Waals surface area contributed by atoms with Crippen LogP contribution in [0.5, 0.6) is 0 Å². The van der Waals surface area contributed by atoms with E-state index in [9.17, 15) is 4.79 Å². The number of ether oxygens (including phenoxy) is 1. The molecular weight excluding hydrogens is 206 g/mol. The van der Waals surface area contributed by atoms with E-state index < -0.39 is 0 Å². The molecule has 0 bridgehead atoms. The maximum absolute atomic E-state index is 11.3. The van der Waals surface area contributed by atoms with Crippen LogP contribution in [0.25, 0.3) is 0 Å². The van der Waals surface area contributed by atoms with Gasteiger partial charge in [0.2, 0.25) is 0 Å². The Hall–Kier alpha value is -1.78. The van der Waals surface area contributed by atoms with E-state index in [0.717, 1.165) is 0 Å². The van der Waals surface area contributed by atoms with Crippen molar-refractivity contribution in [1.82, 2.24) is 4.98 Å². The van der Waals surface area contributed by atoms with Crippen LogP contribution in [0.1, 0.15) is 13.8 Å². The van der Waals surface area contributed by atoms with Crippen LogP contribution in [0, 0.1) is 0 Å². The van der Waals surface area contributed by atoms with Crippen molar-refractivity contribution in [3.05, 3.63) is 18.3 Å². The molecule has 1 rings (SSSR count). The summed E-state index contributed by atoms with van der Waals surface area (Å²) < 4.78 is 4.64. The Morgan fingerprint density at radius 1 is 1.62 bits per heavy atom. The summed E-state index contributed by atoms with van der Waals surface area (Å²) in [5.41, 5.74) is 6.30. The molecule has 0 aliphatic heterocycles. The second-order valence-electron chi connectivity index (χ2n) is 3.75. The van der Waals surface area contributed by atoms with Crippen molar-refractivity contribution in [2.24, 2.45) is 0 Å². The minimum Gasteiger partial charge on any atom is -0.468 e. The number of nitrogens with two attached hydrogens (primary N) is 1. The summed E-state index contributed by atoms with van der Waals surface area (Å²) in [6.07, 6.45) is 1.62. The monoisotopic (exact) mass is 223 g/mol. The fraction of sp³-hybridized carbons (Fsp3) is 0.455. The smallest absolute Gasteiger partial charge is 0.325 e. The van der Waals surface area contributed by atoms with Gasteiger partial charge in [0.25, 0.3) is 0 Å². The summed E-state index contributed by atoms with van der Waals surface area (Å²) >= 11 is 0. The maximum atomic E-state index is 11.3. The zero-order valence-electron chi connectivity index (χ0n) is 9.80. The van der Waals surface area contributed by atoms with E-state index in [2.05, 4.69) is 9.72 Å². The molecule has 0 fully saturated rings. The summed E-state index contributed by atoms with van der Waals surface area (Å²) in [5.74, 6) is 0.387. The van der Waals surface area contributed by atoms with Crippen LogP contribution in [-0.2, 0) is 9.53 Å². The van der Waals surface area contributed by atoms with Crippen molar-refractivity contribution in [3.8, 4) is 0 Å². The molecule has 2 N–H and O–H groups in total. The zero-order chi connectivity index (χ0) is 12.1. The Balaban J connectivity index is 2.89. The molecule has 0 atom stereocenters. The van der Waals surface area contributed by atoms with Crippen molar-refractivity contribution in [1.29, 1.82) is 0 Å².